The number of rotatable bonds is 3. The van der Waals surface area contributed by atoms with Crippen LogP contribution in [0.4, 0.5) is 5.69 Å². The first-order valence-corrected chi connectivity index (χ1v) is 13.7. The van der Waals surface area contributed by atoms with Crippen molar-refractivity contribution in [2.75, 3.05) is 4.90 Å². The van der Waals surface area contributed by atoms with Gasteiger partial charge in [-0.05, 0) is 48.7 Å². The Morgan fingerprint density at radius 2 is 1.64 bits per heavy atom. The number of carbonyl (C=O) groups excluding carboxylic acids is 2. The van der Waals surface area contributed by atoms with Gasteiger partial charge in [0.15, 0.2) is 0 Å². The first kappa shape index (κ1) is 24.5. The van der Waals surface area contributed by atoms with Gasteiger partial charge in [0.05, 0.1) is 34.1 Å². The second-order valence-electron chi connectivity index (χ2n) is 10.9. The molecule has 3 aliphatic rings. The minimum Gasteiger partial charge on any atom is -0.297 e. The van der Waals surface area contributed by atoms with Crippen molar-refractivity contribution in [3.63, 3.8) is 0 Å². The molecule has 7 nitrogen and oxygen atoms in total. The number of nitrogens with one attached hydrogen (secondary N) is 1. The van der Waals surface area contributed by atoms with E-state index in [0.717, 1.165) is 5.56 Å². The Balaban J connectivity index is 1.52. The Morgan fingerprint density at radius 3 is 2.38 bits per heavy atom. The van der Waals surface area contributed by atoms with Crippen molar-refractivity contribution < 1.29 is 9.59 Å². The Labute approximate surface area is 234 Å². The Hall–Kier alpha value is -3.52. The smallest absolute Gasteiger partial charge is 0.266 e. The fraction of sp³-hybridized carbons (Fsp3) is 0.267. The highest BCUT2D eigenvalue weighted by atomic mass is 35.5. The van der Waals surface area contributed by atoms with Crippen LogP contribution < -0.4 is 15.8 Å². The molecule has 9 heteroatoms. The van der Waals surface area contributed by atoms with Crippen LogP contribution in [0.3, 0.4) is 0 Å². The molecular formula is C30H24Cl2N4O3. The lowest BCUT2D eigenvalue weighted by Crippen LogP contribution is -2.50. The van der Waals surface area contributed by atoms with Gasteiger partial charge in [0.25, 0.3) is 5.56 Å². The summed E-state index contributed by atoms with van der Waals surface area (Å²) in [4.78, 5) is 48.7. The summed E-state index contributed by atoms with van der Waals surface area (Å²) < 4.78 is 1.61. The van der Waals surface area contributed by atoms with Gasteiger partial charge in [-0.1, -0.05) is 67.4 Å². The number of aromatic nitrogens is 2. The summed E-state index contributed by atoms with van der Waals surface area (Å²) in [5, 5.41) is 4.87. The molecule has 2 unspecified atom stereocenters. The zero-order valence-electron chi connectivity index (χ0n) is 21.2. The molecule has 4 heterocycles. The molecule has 2 amide bonds. The molecule has 4 aromatic rings. The molecule has 3 aromatic carbocycles. The van der Waals surface area contributed by atoms with Gasteiger partial charge < -0.3 is 0 Å². The SMILES string of the molecule is CC(C)CC1NC2(c3ccccc3-n3c2nc2ccccc2c3=O)[C@H]2C(=O)N(c3cc(Cl)cc(Cl)c3)C(=O)[C@@H]12. The topological polar surface area (TPSA) is 84.3 Å². The molecular weight excluding hydrogens is 535 g/mol. The van der Waals surface area contributed by atoms with E-state index in [0.29, 0.717) is 44.6 Å². The van der Waals surface area contributed by atoms with Crippen molar-refractivity contribution in [3.8, 4) is 5.69 Å². The van der Waals surface area contributed by atoms with Gasteiger partial charge in [-0.25, -0.2) is 9.88 Å². The standard InChI is InChI=1S/C30H24Cl2N4O3/c1-15(2)11-22-24-25(28(39)35(27(24)38)18-13-16(31)12-17(32)14-18)30(34-22)20-8-4-6-10-23(20)36-26(37)19-7-3-5-9-21(19)33-29(30)36/h3-10,12-15,22,24-25,34H,11H2,1-2H3/t22?,24-,25+,30?/m0/s1. The molecule has 0 saturated carbocycles. The molecule has 39 heavy (non-hydrogen) atoms. The summed E-state index contributed by atoms with van der Waals surface area (Å²) in [5.41, 5.74) is 0.927. The van der Waals surface area contributed by atoms with Crippen LogP contribution in [0.5, 0.6) is 0 Å². The third kappa shape index (κ3) is 3.27. The summed E-state index contributed by atoms with van der Waals surface area (Å²) >= 11 is 12.6. The maximum Gasteiger partial charge on any atom is 0.266 e. The van der Waals surface area contributed by atoms with Crippen molar-refractivity contribution in [1.82, 2.24) is 14.9 Å². The third-order valence-electron chi connectivity index (χ3n) is 8.19. The number of imide groups is 1. The second kappa shape index (κ2) is 8.49. The summed E-state index contributed by atoms with van der Waals surface area (Å²) in [6.07, 6.45) is 0.659. The lowest BCUT2D eigenvalue weighted by molar-refractivity contribution is -0.123. The van der Waals surface area contributed by atoms with Gasteiger partial charge in [-0.2, -0.15) is 0 Å². The number of halogens is 2. The van der Waals surface area contributed by atoms with Gasteiger partial charge in [-0.15, -0.1) is 0 Å². The molecule has 1 aromatic heterocycles. The zero-order valence-corrected chi connectivity index (χ0v) is 22.7. The number of fused-ring (bicyclic) bond motifs is 8. The summed E-state index contributed by atoms with van der Waals surface area (Å²) in [5.74, 6) is -1.49. The fourth-order valence-corrected chi connectivity index (χ4v) is 7.37. The van der Waals surface area contributed by atoms with Crippen LogP contribution in [0.25, 0.3) is 16.6 Å². The van der Waals surface area contributed by atoms with Gasteiger partial charge in [0.1, 0.15) is 11.4 Å². The van der Waals surface area contributed by atoms with E-state index in [1.54, 1.807) is 34.9 Å². The monoisotopic (exact) mass is 558 g/mol. The van der Waals surface area contributed by atoms with Crippen LogP contribution in [0.15, 0.2) is 71.5 Å². The minimum absolute atomic E-state index is 0.208. The average Bonchev–Trinajstić information content (AvgIpc) is 3.46. The van der Waals surface area contributed by atoms with Gasteiger partial charge >= 0.3 is 0 Å². The lowest BCUT2D eigenvalue weighted by Gasteiger charge is -2.32. The van der Waals surface area contributed by atoms with Crippen molar-refractivity contribution in [2.45, 2.75) is 31.8 Å². The molecule has 0 aliphatic carbocycles. The van der Waals surface area contributed by atoms with E-state index < -0.39 is 17.4 Å². The van der Waals surface area contributed by atoms with E-state index in [-0.39, 0.29) is 29.3 Å². The van der Waals surface area contributed by atoms with Crippen molar-refractivity contribution in [1.29, 1.82) is 0 Å². The summed E-state index contributed by atoms with van der Waals surface area (Å²) in [6.45, 7) is 4.18. The van der Waals surface area contributed by atoms with Crippen molar-refractivity contribution in [2.24, 2.45) is 17.8 Å². The molecule has 1 N–H and O–H groups in total. The predicted octanol–water partition coefficient (Wildman–Crippen LogP) is 5.07. The van der Waals surface area contributed by atoms with E-state index in [9.17, 15) is 14.4 Å². The largest absolute Gasteiger partial charge is 0.297 e. The highest BCUT2D eigenvalue weighted by Crippen LogP contribution is 2.56. The van der Waals surface area contributed by atoms with Crippen LogP contribution >= 0.6 is 23.2 Å². The lowest BCUT2D eigenvalue weighted by atomic mass is 9.75. The Kier molecular flexibility index (Phi) is 5.34. The number of para-hydroxylation sites is 2. The van der Waals surface area contributed by atoms with E-state index in [1.807, 2.05) is 36.4 Å². The molecule has 3 aliphatic heterocycles. The maximum absolute atomic E-state index is 14.4. The Bertz CT molecular complexity index is 1760. The van der Waals surface area contributed by atoms with Crippen molar-refractivity contribution >= 4 is 51.6 Å². The first-order valence-electron chi connectivity index (χ1n) is 13.0. The van der Waals surface area contributed by atoms with E-state index in [4.69, 9.17) is 28.2 Å². The molecule has 4 atom stereocenters. The second-order valence-corrected chi connectivity index (χ2v) is 11.8. The van der Waals surface area contributed by atoms with E-state index >= 15 is 0 Å². The molecule has 0 bridgehead atoms. The fourth-order valence-electron chi connectivity index (χ4n) is 6.85. The normalized spacial score (nSPS) is 25.2. The number of benzene rings is 3. The quantitative estimate of drug-likeness (QED) is 0.355. The van der Waals surface area contributed by atoms with E-state index in [2.05, 4.69) is 19.2 Å². The van der Waals surface area contributed by atoms with Crippen LogP contribution in [0, 0.1) is 17.8 Å². The average molecular weight is 559 g/mol. The number of nitrogens with zero attached hydrogens (tertiary/aromatic N) is 3. The molecule has 1 spiro atoms. The number of amides is 2. The third-order valence-corrected chi connectivity index (χ3v) is 8.63. The highest BCUT2D eigenvalue weighted by Gasteiger charge is 2.69. The maximum atomic E-state index is 14.4. The highest BCUT2D eigenvalue weighted by molar-refractivity contribution is 6.35. The van der Waals surface area contributed by atoms with Gasteiger partial charge in [0.2, 0.25) is 11.8 Å². The first-order chi connectivity index (χ1) is 18.7. The predicted molar refractivity (Wildman–Crippen MR) is 150 cm³/mol. The van der Waals surface area contributed by atoms with Crippen LogP contribution in [-0.4, -0.2) is 27.4 Å². The van der Waals surface area contributed by atoms with Crippen LogP contribution in [0.1, 0.15) is 31.7 Å². The number of carbonyl (C=O) groups is 2. The Morgan fingerprint density at radius 1 is 0.949 bits per heavy atom. The molecule has 196 valence electrons. The molecule has 2 fully saturated rings. The summed E-state index contributed by atoms with van der Waals surface area (Å²) in [6, 6.07) is 19.1. The van der Waals surface area contributed by atoms with Gasteiger partial charge in [0, 0.05) is 21.7 Å². The number of hydrogen-bond donors (Lipinski definition) is 1. The van der Waals surface area contributed by atoms with E-state index in [1.165, 1.54) is 4.90 Å². The number of hydrogen-bond acceptors (Lipinski definition) is 5. The number of anilines is 1. The zero-order chi connectivity index (χ0) is 27.2. The molecule has 2 saturated heterocycles. The van der Waals surface area contributed by atoms with Gasteiger partial charge in [-0.3, -0.25) is 24.3 Å². The van der Waals surface area contributed by atoms with Crippen LogP contribution in [-0.2, 0) is 15.1 Å². The van der Waals surface area contributed by atoms with Crippen molar-refractivity contribution in [3.05, 3.63) is 98.5 Å². The minimum atomic E-state index is -1.17. The molecule has 7 rings (SSSR count). The van der Waals surface area contributed by atoms with Crippen LogP contribution in [0.2, 0.25) is 10.0 Å². The molecule has 0 radical (unpaired) electrons. The summed E-state index contributed by atoms with van der Waals surface area (Å²) in [7, 11) is 0.